The lowest BCUT2D eigenvalue weighted by molar-refractivity contribution is -0.222. The number of ether oxygens (including phenoxy) is 3. The number of esters is 2. The molecule has 0 saturated carbocycles. The van der Waals surface area contributed by atoms with Gasteiger partial charge in [0.05, 0.1) is 6.54 Å². The molecule has 7 heteroatoms. The minimum atomic E-state index is -1.24. The van der Waals surface area contributed by atoms with Gasteiger partial charge in [-0.05, 0) is 24.3 Å². The van der Waals surface area contributed by atoms with Gasteiger partial charge in [-0.15, -0.1) is 0 Å². The van der Waals surface area contributed by atoms with E-state index in [-0.39, 0.29) is 5.57 Å². The fourth-order valence-corrected chi connectivity index (χ4v) is 2.15. The highest BCUT2D eigenvalue weighted by Gasteiger charge is 2.38. The van der Waals surface area contributed by atoms with Gasteiger partial charge in [0.15, 0.2) is 5.57 Å². The van der Waals surface area contributed by atoms with Gasteiger partial charge in [-0.3, -0.25) is 0 Å². The third-order valence-corrected chi connectivity index (χ3v) is 3.22. The van der Waals surface area contributed by atoms with E-state index < -0.39 is 17.7 Å². The summed E-state index contributed by atoms with van der Waals surface area (Å²) in [7, 11) is 0. The third-order valence-electron chi connectivity index (χ3n) is 3.22. The molecular formula is C16H16N2O5. The Labute approximate surface area is 132 Å². The molecule has 0 aromatic heterocycles. The van der Waals surface area contributed by atoms with Gasteiger partial charge in [-0.1, -0.05) is 0 Å². The average molecular weight is 316 g/mol. The highest BCUT2D eigenvalue weighted by atomic mass is 16.7. The quantitative estimate of drug-likeness (QED) is 0.518. The van der Waals surface area contributed by atoms with Crippen LogP contribution < -0.4 is 5.32 Å². The lowest BCUT2D eigenvalue weighted by atomic mass is 10.2. The summed E-state index contributed by atoms with van der Waals surface area (Å²) in [6.45, 7) is 4.27. The number of aliphatic imine (C=N–C) groups is 1. The summed E-state index contributed by atoms with van der Waals surface area (Å²) in [5, 5.41) is 2.88. The predicted molar refractivity (Wildman–Crippen MR) is 81.8 cm³/mol. The van der Waals surface area contributed by atoms with Crippen LogP contribution in [0.3, 0.4) is 0 Å². The van der Waals surface area contributed by atoms with Crippen molar-refractivity contribution >= 4 is 23.5 Å². The molecule has 0 atom stereocenters. The van der Waals surface area contributed by atoms with E-state index in [1.54, 1.807) is 12.1 Å². The fourth-order valence-electron chi connectivity index (χ4n) is 2.15. The molecule has 2 aliphatic rings. The molecule has 0 spiro atoms. The average Bonchev–Trinajstić information content (AvgIpc) is 3.00. The van der Waals surface area contributed by atoms with Crippen LogP contribution in [0.2, 0.25) is 0 Å². The first kappa shape index (κ1) is 15.1. The molecule has 1 aromatic rings. The molecule has 7 nitrogen and oxygen atoms in total. The van der Waals surface area contributed by atoms with Gasteiger partial charge in [-0.2, -0.15) is 0 Å². The largest absolute Gasteiger partial charge is 0.476 e. The van der Waals surface area contributed by atoms with Gasteiger partial charge >= 0.3 is 11.9 Å². The number of carbonyl (C=O) groups excluding carboxylic acids is 2. The summed E-state index contributed by atoms with van der Waals surface area (Å²) in [5.41, 5.74) is 1.39. The first-order valence-electron chi connectivity index (χ1n) is 7.16. The van der Waals surface area contributed by atoms with Crippen molar-refractivity contribution < 1.29 is 23.8 Å². The van der Waals surface area contributed by atoms with Crippen LogP contribution in [0.15, 0.2) is 41.0 Å². The van der Waals surface area contributed by atoms with E-state index >= 15 is 0 Å². The molecule has 120 valence electrons. The predicted octanol–water partition coefficient (Wildman–Crippen LogP) is 1.60. The zero-order valence-electron chi connectivity index (χ0n) is 12.8. The standard InChI is InChI=1S/C16H16N2O5/c1-16(2)22-14(19)12(15(20)23-16)9-18-11-5-3-10(4-6-11)13-17-7-8-21-13/h3-6,9,18H,7-8H2,1-2H3. The molecule has 0 unspecified atom stereocenters. The van der Waals surface area contributed by atoms with Crippen molar-refractivity contribution in [3.05, 3.63) is 41.6 Å². The molecule has 0 bridgehead atoms. The Balaban J connectivity index is 1.70. The maximum absolute atomic E-state index is 11.8. The van der Waals surface area contributed by atoms with E-state index in [4.69, 9.17) is 14.2 Å². The first-order chi connectivity index (χ1) is 10.9. The number of cyclic esters (lactones) is 2. The molecule has 1 aromatic carbocycles. The van der Waals surface area contributed by atoms with Gasteiger partial charge in [0.1, 0.15) is 6.61 Å². The zero-order chi connectivity index (χ0) is 16.4. The van der Waals surface area contributed by atoms with Crippen molar-refractivity contribution in [3.63, 3.8) is 0 Å². The van der Waals surface area contributed by atoms with E-state index in [1.165, 1.54) is 20.0 Å². The minimum absolute atomic E-state index is 0.183. The number of nitrogens with one attached hydrogen (secondary N) is 1. The second-order valence-electron chi connectivity index (χ2n) is 5.49. The van der Waals surface area contributed by atoms with Gasteiger partial charge < -0.3 is 19.5 Å². The van der Waals surface area contributed by atoms with E-state index in [9.17, 15) is 9.59 Å². The molecule has 1 N–H and O–H groups in total. The summed E-state index contributed by atoms with van der Waals surface area (Å²) in [6, 6.07) is 7.26. The van der Waals surface area contributed by atoms with Crippen molar-refractivity contribution in [2.24, 2.45) is 4.99 Å². The van der Waals surface area contributed by atoms with Gasteiger partial charge in [0.25, 0.3) is 5.79 Å². The monoisotopic (exact) mass is 316 g/mol. The molecule has 0 aliphatic carbocycles. The summed E-state index contributed by atoms with van der Waals surface area (Å²) < 4.78 is 15.4. The summed E-state index contributed by atoms with van der Waals surface area (Å²) in [5.74, 6) is -2.06. The Bertz CT molecular complexity index is 682. The topological polar surface area (TPSA) is 86.2 Å². The van der Waals surface area contributed by atoms with Crippen molar-refractivity contribution in [3.8, 4) is 0 Å². The normalized spacial score (nSPS) is 19.4. The van der Waals surface area contributed by atoms with Crippen LogP contribution in [0.1, 0.15) is 19.4 Å². The highest BCUT2D eigenvalue weighted by Crippen LogP contribution is 2.22. The van der Waals surface area contributed by atoms with Crippen molar-refractivity contribution in [1.82, 2.24) is 0 Å². The third kappa shape index (κ3) is 3.33. The van der Waals surface area contributed by atoms with Crippen LogP contribution in [0.5, 0.6) is 0 Å². The lowest BCUT2D eigenvalue weighted by Crippen LogP contribution is -2.42. The van der Waals surface area contributed by atoms with E-state index in [2.05, 4.69) is 10.3 Å². The number of anilines is 1. The highest BCUT2D eigenvalue weighted by molar-refractivity contribution is 6.15. The second-order valence-corrected chi connectivity index (χ2v) is 5.49. The van der Waals surface area contributed by atoms with Crippen LogP contribution in [0.4, 0.5) is 5.69 Å². The van der Waals surface area contributed by atoms with Crippen LogP contribution in [-0.2, 0) is 23.8 Å². The number of hydrogen-bond donors (Lipinski definition) is 1. The molecular weight excluding hydrogens is 300 g/mol. The van der Waals surface area contributed by atoms with Crippen molar-refractivity contribution in [1.29, 1.82) is 0 Å². The van der Waals surface area contributed by atoms with E-state index in [0.717, 1.165) is 5.56 Å². The van der Waals surface area contributed by atoms with E-state index in [0.29, 0.717) is 24.7 Å². The Morgan fingerprint density at radius 1 is 1.13 bits per heavy atom. The Kier molecular flexibility index (Phi) is 3.77. The maximum Gasteiger partial charge on any atom is 0.350 e. The first-order valence-corrected chi connectivity index (χ1v) is 7.16. The second kappa shape index (κ2) is 5.75. The molecule has 2 aliphatic heterocycles. The van der Waals surface area contributed by atoms with E-state index in [1.807, 2.05) is 12.1 Å². The smallest absolute Gasteiger partial charge is 0.350 e. The van der Waals surface area contributed by atoms with Crippen LogP contribution >= 0.6 is 0 Å². The molecule has 2 heterocycles. The summed E-state index contributed by atoms with van der Waals surface area (Å²) >= 11 is 0. The summed E-state index contributed by atoms with van der Waals surface area (Å²) in [4.78, 5) is 27.8. The Morgan fingerprint density at radius 3 is 2.35 bits per heavy atom. The minimum Gasteiger partial charge on any atom is -0.476 e. The molecule has 3 rings (SSSR count). The Morgan fingerprint density at radius 2 is 1.78 bits per heavy atom. The molecule has 0 radical (unpaired) electrons. The molecule has 1 fully saturated rings. The number of hydrogen-bond acceptors (Lipinski definition) is 7. The maximum atomic E-state index is 11.8. The molecule has 0 amide bonds. The number of rotatable bonds is 3. The zero-order valence-corrected chi connectivity index (χ0v) is 12.8. The van der Waals surface area contributed by atoms with Crippen molar-refractivity contribution in [2.75, 3.05) is 18.5 Å². The van der Waals surface area contributed by atoms with Crippen molar-refractivity contribution in [2.45, 2.75) is 19.6 Å². The van der Waals surface area contributed by atoms with Gasteiger partial charge in [0, 0.05) is 31.3 Å². The molecule has 1 saturated heterocycles. The van der Waals surface area contributed by atoms with Gasteiger partial charge in [0.2, 0.25) is 5.90 Å². The van der Waals surface area contributed by atoms with Crippen LogP contribution in [0.25, 0.3) is 0 Å². The fraction of sp³-hybridized carbons (Fsp3) is 0.312. The lowest BCUT2D eigenvalue weighted by Gasteiger charge is -2.29. The number of carbonyl (C=O) groups is 2. The van der Waals surface area contributed by atoms with Crippen LogP contribution in [0, 0.1) is 0 Å². The summed E-state index contributed by atoms with van der Waals surface area (Å²) in [6.07, 6.45) is 1.28. The molecule has 23 heavy (non-hydrogen) atoms. The number of nitrogens with zero attached hydrogens (tertiary/aromatic N) is 1. The van der Waals surface area contributed by atoms with Gasteiger partial charge in [-0.25, -0.2) is 14.6 Å². The number of benzene rings is 1. The SMILES string of the molecule is CC1(C)OC(=O)C(=CNc2ccc(C3=NCCO3)cc2)C(=O)O1. The van der Waals surface area contributed by atoms with Crippen LogP contribution in [-0.4, -0.2) is 36.8 Å². The Hall–Kier alpha value is -2.83.